The Balaban J connectivity index is 1.68. The number of rotatable bonds is 5. The van der Waals surface area contributed by atoms with Crippen LogP contribution >= 0.6 is 0 Å². The maximum atomic E-state index is 12.2. The molecule has 1 heterocycles. The van der Waals surface area contributed by atoms with Crippen molar-refractivity contribution in [2.45, 2.75) is 26.5 Å². The molecule has 1 amide bonds. The first-order valence-corrected chi connectivity index (χ1v) is 8.50. The zero-order valence-corrected chi connectivity index (χ0v) is 15.0. The number of fused-ring (bicyclic) bond motifs is 1. The second-order valence-corrected chi connectivity index (χ2v) is 6.26. The van der Waals surface area contributed by atoms with Crippen molar-refractivity contribution in [3.8, 4) is 0 Å². The van der Waals surface area contributed by atoms with E-state index in [-0.39, 0.29) is 12.5 Å². The average molecular weight is 365 g/mol. The normalized spacial score (nSPS) is 11.8. The summed E-state index contributed by atoms with van der Waals surface area (Å²) in [6, 6.07) is 14.5. The topological polar surface area (TPSA) is 85.6 Å². The number of hydrogen-bond acceptors (Lipinski definition) is 5. The summed E-state index contributed by atoms with van der Waals surface area (Å²) in [6.45, 7) is 3.35. The molecule has 6 heteroatoms. The van der Waals surface area contributed by atoms with Crippen LogP contribution in [0.1, 0.15) is 28.4 Å². The Morgan fingerprint density at radius 3 is 2.59 bits per heavy atom. The van der Waals surface area contributed by atoms with Gasteiger partial charge in [0.15, 0.2) is 0 Å². The molecule has 138 valence electrons. The van der Waals surface area contributed by atoms with E-state index in [1.807, 2.05) is 19.1 Å². The van der Waals surface area contributed by atoms with E-state index >= 15 is 0 Å². The number of hydrogen-bond donors (Lipinski definition) is 1. The van der Waals surface area contributed by atoms with Crippen LogP contribution in [0.4, 0.5) is 0 Å². The molecule has 2 aromatic carbocycles. The van der Waals surface area contributed by atoms with E-state index in [0.29, 0.717) is 22.1 Å². The average Bonchev–Trinajstić information content (AvgIpc) is 2.65. The lowest BCUT2D eigenvalue weighted by atomic mass is 10.1. The highest BCUT2D eigenvalue weighted by Crippen LogP contribution is 2.19. The lowest BCUT2D eigenvalue weighted by molar-refractivity contribution is -0.146. The molecule has 0 radical (unpaired) electrons. The van der Waals surface area contributed by atoms with Crippen LogP contribution in [0.15, 0.2) is 63.8 Å². The first kappa shape index (κ1) is 18.4. The van der Waals surface area contributed by atoms with Gasteiger partial charge in [-0.2, -0.15) is 0 Å². The second-order valence-electron chi connectivity index (χ2n) is 6.26. The lowest BCUT2D eigenvalue weighted by Gasteiger charge is -2.14. The van der Waals surface area contributed by atoms with Gasteiger partial charge in [-0.3, -0.25) is 4.79 Å². The Kier molecular flexibility index (Phi) is 5.35. The minimum absolute atomic E-state index is 0.0878. The number of benzene rings is 2. The fraction of sp³-hybridized carbons (Fsp3) is 0.190. The van der Waals surface area contributed by atoms with E-state index in [2.05, 4.69) is 5.32 Å². The molecule has 0 aliphatic rings. The highest BCUT2D eigenvalue weighted by atomic mass is 16.5. The molecule has 3 aromatic rings. The number of ether oxygens (including phenoxy) is 1. The van der Waals surface area contributed by atoms with Crippen LogP contribution in [0.25, 0.3) is 11.0 Å². The molecule has 27 heavy (non-hydrogen) atoms. The molecule has 0 saturated carbocycles. The largest absolute Gasteiger partial charge is 0.459 e. The van der Waals surface area contributed by atoms with Crippen molar-refractivity contribution >= 4 is 22.8 Å². The molecular weight excluding hydrogens is 346 g/mol. The molecule has 3 rings (SSSR count). The number of amides is 1. The van der Waals surface area contributed by atoms with Crippen LogP contribution in [-0.4, -0.2) is 17.9 Å². The molecule has 1 aromatic heterocycles. The fourth-order valence-corrected chi connectivity index (χ4v) is 2.66. The molecule has 0 aliphatic carbocycles. The van der Waals surface area contributed by atoms with E-state index in [0.717, 1.165) is 5.56 Å². The van der Waals surface area contributed by atoms with Gasteiger partial charge in [0.25, 0.3) is 5.91 Å². The van der Waals surface area contributed by atoms with Crippen molar-refractivity contribution in [3.63, 3.8) is 0 Å². The van der Waals surface area contributed by atoms with Crippen LogP contribution in [-0.2, 0) is 16.1 Å². The fourth-order valence-electron chi connectivity index (χ4n) is 2.66. The summed E-state index contributed by atoms with van der Waals surface area (Å²) >= 11 is 0. The Hall–Kier alpha value is -3.41. The Morgan fingerprint density at radius 2 is 1.85 bits per heavy atom. The molecule has 1 N–H and O–H groups in total. The highest BCUT2D eigenvalue weighted by molar-refractivity contribution is 5.96. The molecule has 1 unspecified atom stereocenters. The van der Waals surface area contributed by atoms with Gasteiger partial charge in [0.2, 0.25) is 0 Å². The Morgan fingerprint density at radius 1 is 1.11 bits per heavy atom. The van der Waals surface area contributed by atoms with Crippen molar-refractivity contribution < 1.29 is 18.7 Å². The summed E-state index contributed by atoms with van der Waals surface area (Å²) in [4.78, 5) is 36.1. The van der Waals surface area contributed by atoms with Crippen molar-refractivity contribution in [1.82, 2.24) is 5.32 Å². The summed E-state index contributed by atoms with van der Waals surface area (Å²) in [5.41, 5.74) is 1.90. The van der Waals surface area contributed by atoms with Gasteiger partial charge in [0.1, 0.15) is 18.2 Å². The molecule has 0 fully saturated rings. The third kappa shape index (κ3) is 4.41. The third-order valence-electron chi connectivity index (χ3n) is 4.09. The minimum Gasteiger partial charge on any atom is -0.459 e. The summed E-state index contributed by atoms with van der Waals surface area (Å²) < 4.78 is 10.5. The van der Waals surface area contributed by atoms with Gasteiger partial charge >= 0.3 is 11.6 Å². The smallest absolute Gasteiger partial charge is 0.336 e. The number of aryl methyl sites for hydroxylation is 1. The lowest BCUT2D eigenvalue weighted by Crippen LogP contribution is -2.39. The maximum Gasteiger partial charge on any atom is 0.336 e. The summed E-state index contributed by atoms with van der Waals surface area (Å²) in [7, 11) is 0. The maximum absolute atomic E-state index is 12.2. The minimum atomic E-state index is -0.827. The number of carbonyl (C=O) groups is 2. The predicted octanol–water partition coefficient (Wildman–Crippen LogP) is 2.96. The van der Waals surface area contributed by atoms with Gasteiger partial charge in [-0.15, -0.1) is 0 Å². The first-order valence-electron chi connectivity index (χ1n) is 8.50. The number of nitrogens with one attached hydrogen (secondary N) is 1. The number of esters is 1. The standard InChI is InChI=1S/C21H19NO5/c1-13-8-9-17-16(11-19(23)27-18(17)10-13)12-26-21(25)14(2)22-20(24)15-6-4-3-5-7-15/h3-11,14H,12H2,1-2H3,(H,22,24). The monoisotopic (exact) mass is 365 g/mol. The van der Waals surface area contributed by atoms with E-state index in [4.69, 9.17) is 9.15 Å². The first-order chi connectivity index (χ1) is 12.9. The Labute approximate surface area is 155 Å². The van der Waals surface area contributed by atoms with E-state index in [1.165, 1.54) is 6.07 Å². The molecular formula is C21H19NO5. The van der Waals surface area contributed by atoms with Crippen molar-refractivity contribution in [2.75, 3.05) is 0 Å². The van der Waals surface area contributed by atoms with Crippen LogP contribution in [0, 0.1) is 6.92 Å². The second kappa shape index (κ2) is 7.86. The zero-order chi connectivity index (χ0) is 19.4. The molecule has 6 nitrogen and oxygen atoms in total. The molecule has 0 saturated heterocycles. The van der Waals surface area contributed by atoms with Crippen LogP contribution < -0.4 is 10.9 Å². The molecule has 1 atom stereocenters. The van der Waals surface area contributed by atoms with Gasteiger partial charge in [0.05, 0.1) is 0 Å². The Bertz CT molecular complexity index is 1040. The summed E-state index contributed by atoms with van der Waals surface area (Å²) in [5, 5.41) is 3.30. The predicted molar refractivity (Wildman–Crippen MR) is 100 cm³/mol. The van der Waals surface area contributed by atoms with Gasteiger partial charge in [-0.1, -0.05) is 30.3 Å². The van der Waals surface area contributed by atoms with E-state index in [1.54, 1.807) is 43.3 Å². The zero-order valence-electron chi connectivity index (χ0n) is 15.0. The molecule has 0 bridgehead atoms. The molecule has 0 spiro atoms. The van der Waals surface area contributed by atoms with Gasteiger partial charge in [-0.25, -0.2) is 9.59 Å². The summed E-state index contributed by atoms with van der Waals surface area (Å²) in [5.74, 6) is -0.950. The van der Waals surface area contributed by atoms with Crippen LogP contribution in [0.3, 0.4) is 0 Å². The summed E-state index contributed by atoms with van der Waals surface area (Å²) in [6.07, 6.45) is 0. The molecule has 0 aliphatic heterocycles. The van der Waals surface area contributed by atoms with Crippen molar-refractivity contribution in [2.24, 2.45) is 0 Å². The van der Waals surface area contributed by atoms with E-state index in [9.17, 15) is 14.4 Å². The highest BCUT2D eigenvalue weighted by Gasteiger charge is 2.18. The van der Waals surface area contributed by atoms with Gasteiger partial charge in [0, 0.05) is 22.6 Å². The third-order valence-corrected chi connectivity index (χ3v) is 4.09. The van der Waals surface area contributed by atoms with E-state index < -0.39 is 17.6 Å². The van der Waals surface area contributed by atoms with Crippen LogP contribution in [0.5, 0.6) is 0 Å². The SMILES string of the molecule is Cc1ccc2c(COC(=O)C(C)NC(=O)c3ccccc3)cc(=O)oc2c1. The van der Waals surface area contributed by atoms with Gasteiger partial charge < -0.3 is 14.5 Å². The van der Waals surface area contributed by atoms with Crippen molar-refractivity contribution in [3.05, 3.63) is 81.7 Å². The van der Waals surface area contributed by atoms with Gasteiger partial charge in [-0.05, 0) is 37.6 Å². The quantitative estimate of drug-likeness (QED) is 0.555. The van der Waals surface area contributed by atoms with Crippen LogP contribution in [0.2, 0.25) is 0 Å². The van der Waals surface area contributed by atoms with Crippen molar-refractivity contribution in [1.29, 1.82) is 0 Å². The number of carbonyl (C=O) groups excluding carboxylic acids is 2.